The van der Waals surface area contributed by atoms with Crippen molar-refractivity contribution in [3.8, 4) is 11.3 Å². The fourth-order valence-electron chi connectivity index (χ4n) is 5.82. The predicted octanol–water partition coefficient (Wildman–Crippen LogP) is 6.43. The third kappa shape index (κ3) is 3.39. The summed E-state index contributed by atoms with van der Waals surface area (Å²) in [5.41, 5.74) is 4.46. The normalized spacial score (nSPS) is 21.3. The van der Waals surface area contributed by atoms with Gasteiger partial charge in [-0.25, -0.2) is 14.4 Å². The Hall–Kier alpha value is -3.28. The molecule has 0 bridgehead atoms. The minimum atomic E-state index is -0.780. The third-order valence-corrected chi connectivity index (χ3v) is 7.29. The molecule has 0 saturated heterocycles. The van der Waals surface area contributed by atoms with E-state index in [0.717, 1.165) is 40.1 Å². The zero-order valence-electron chi connectivity index (χ0n) is 20.4. The second-order valence-electron chi connectivity index (χ2n) is 10.6. The Morgan fingerprint density at radius 3 is 2.71 bits per heavy atom. The molecule has 1 atom stereocenters. The van der Waals surface area contributed by atoms with Crippen LogP contribution in [0.25, 0.3) is 11.3 Å². The second kappa shape index (κ2) is 7.90. The topological polar surface area (TPSA) is 59.8 Å². The number of nitrogens with zero attached hydrogens (tertiary/aromatic N) is 3. The standard InChI is InChI=1S/C28H31FN4O/c1-6-28(19-9-7-8-18(10-19)23-15-30-16-33(23)17(2)3)21-11-20(29)14-31-26(21)32-22-12-27(4,5)13-24(34)25(22)28/h7-11,14-17H,6,12-13H2,1-5H3,(H,31,32)/t28-/m1/s1. The first-order chi connectivity index (χ1) is 16.2. The number of rotatable bonds is 4. The van der Waals surface area contributed by atoms with Gasteiger partial charge >= 0.3 is 0 Å². The number of anilines is 1. The van der Waals surface area contributed by atoms with E-state index in [9.17, 15) is 9.18 Å². The molecule has 0 spiro atoms. The maximum absolute atomic E-state index is 14.6. The van der Waals surface area contributed by atoms with Crippen LogP contribution in [0.5, 0.6) is 0 Å². The molecule has 5 rings (SSSR count). The average Bonchev–Trinajstić information content (AvgIpc) is 3.28. The maximum atomic E-state index is 14.6. The van der Waals surface area contributed by atoms with Gasteiger partial charge in [0.25, 0.3) is 0 Å². The van der Waals surface area contributed by atoms with Crippen molar-refractivity contribution in [2.75, 3.05) is 5.32 Å². The Morgan fingerprint density at radius 1 is 1.18 bits per heavy atom. The lowest BCUT2D eigenvalue weighted by Crippen LogP contribution is -2.43. The Morgan fingerprint density at radius 2 is 1.97 bits per heavy atom. The van der Waals surface area contributed by atoms with Gasteiger partial charge in [0.15, 0.2) is 5.78 Å². The molecule has 1 aliphatic heterocycles. The lowest BCUT2D eigenvalue weighted by Gasteiger charge is -2.46. The number of nitrogens with one attached hydrogen (secondary N) is 1. The van der Waals surface area contributed by atoms with Gasteiger partial charge in [-0.3, -0.25) is 4.79 Å². The van der Waals surface area contributed by atoms with Gasteiger partial charge in [-0.2, -0.15) is 0 Å². The first-order valence-corrected chi connectivity index (χ1v) is 12.0. The molecular weight excluding hydrogens is 427 g/mol. The number of benzene rings is 1. The summed E-state index contributed by atoms with van der Waals surface area (Å²) in [6.07, 6.45) is 6.78. The highest BCUT2D eigenvalue weighted by Gasteiger charge is 2.50. The number of carbonyl (C=O) groups is 1. The number of hydrogen-bond donors (Lipinski definition) is 1. The number of allylic oxidation sites excluding steroid dienone is 2. The number of aromatic nitrogens is 3. The molecule has 1 aliphatic carbocycles. The first kappa shape index (κ1) is 22.5. The van der Waals surface area contributed by atoms with Crippen molar-refractivity contribution in [3.05, 3.63) is 77.3 Å². The van der Waals surface area contributed by atoms with Crippen LogP contribution in [0.2, 0.25) is 0 Å². The van der Waals surface area contributed by atoms with Crippen LogP contribution in [0.3, 0.4) is 0 Å². The van der Waals surface area contributed by atoms with Crippen molar-refractivity contribution in [1.82, 2.24) is 14.5 Å². The molecule has 0 fully saturated rings. The van der Waals surface area contributed by atoms with E-state index >= 15 is 0 Å². The number of halogens is 1. The number of Topliss-reactive ketones (excluding diaryl/α,β-unsaturated/α-hetero) is 1. The van der Waals surface area contributed by atoms with E-state index < -0.39 is 11.2 Å². The molecule has 3 heterocycles. The van der Waals surface area contributed by atoms with Crippen molar-refractivity contribution in [2.45, 2.75) is 65.3 Å². The molecule has 176 valence electrons. The fraction of sp³-hybridized carbons (Fsp3) is 0.393. The van der Waals surface area contributed by atoms with Crippen LogP contribution in [-0.4, -0.2) is 20.3 Å². The van der Waals surface area contributed by atoms with Crippen LogP contribution in [0.4, 0.5) is 10.2 Å². The van der Waals surface area contributed by atoms with Gasteiger partial charge in [0.05, 0.1) is 29.8 Å². The van der Waals surface area contributed by atoms with Crippen LogP contribution in [0.15, 0.2) is 60.3 Å². The molecule has 1 N–H and O–H groups in total. The van der Waals surface area contributed by atoms with Crippen molar-refractivity contribution in [2.24, 2.45) is 5.41 Å². The Bertz CT molecular complexity index is 1320. The number of imidazole rings is 1. The van der Waals surface area contributed by atoms with Gasteiger partial charge in [-0.05, 0) is 49.8 Å². The van der Waals surface area contributed by atoms with E-state index in [-0.39, 0.29) is 17.2 Å². The predicted molar refractivity (Wildman–Crippen MR) is 132 cm³/mol. The van der Waals surface area contributed by atoms with Gasteiger partial charge in [-0.15, -0.1) is 0 Å². The third-order valence-electron chi connectivity index (χ3n) is 7.29. The number of carbonyl (C=O) groups excluding carboxylic acids is 1. The van der Waals surface area contributed by atoms with E-state index in [0.29, 0.717) is 18.7 Å². The van der Waals surface area contributed by atoms with Crippen molar-refractivity contribution in [3.63, 3.8) is 0 Å². The highest BCUT2D eigenvalue weighted by molar-refractivity contribution is 6.03. The van der Waals surface area contributed by atoms with E-state index in [2.05, 4.69) is 72.7 Å². The Balaban J connectivity index is 1.79. The van der Waals surface area contributed by atoms with Gasteiger partial charge in [0.2, 0.25) is 0 Å². The highest BCUT2D eigenvalue weighted by Crippen LogP contribution is 2.54. The smallest absolute Gasteiger partial charge is 0.162 e. The zero-order valence-corrected chi connectivity index (χ0v) is 20.4. The van der Waals surface area contributed by atoms with Crippen LogP contribution in [-0.2, 0) is 10.2 Å². The van der Waals surface area contributed by atoms with Crippen LogP contribution in [0.1, 0.15) is 71.0 Å². The van der Waals surface area contributed by atoms with Crippen LogP contribution < -0.4 is 5.32 Å². The lowest BCUT2D eigenvalue weighted by atomic mass is 9.59. The van der Waals surface area contributed by atoms with Gasteiger partial charge < -0.3 is 9.88 Å². The molecule has 34 heavy (non-hydrogen) atoms. The molecule has 0 saturated carbocycles. The van der Waals surface area contributed by atoms with Crippen LogP contribution in [0, 0.1) is 11.2 Å². The molecule has 0 radical (unpaired) electrons. The number of pyridine rings is 1. The SMILES string of the molecule is CC[C@]1(c2cccc(-c3cncn3C(C)C)c2)C2=C(CC(C)(C)CC2=O)Nc2ncc(F)cc21. The first-order valence-electron chi connectivity index (χ1n) is 12.0. The monoisotopic (exact) mass is 458 g/mol. The number of hydrogen-bond acceptors (Lipinski definition) is 4. The Labute approximate surface area is 200 Å². The van der Waals surface area contributed by atoms with E-state index in [1.165, 1.54) is 6.20 Å². The summed E-state index contributed by atoms with van der Waals surface area (Å²) in [7, 11) is 0. The molecule has 0 unspecified atom stereocenters. The summed E-state index contributed by atoms with van der Waals surface area (Å²) in [6.45, 7) is 10.6. The van der Waals surface area contributed by atoms with Gasteiger partial charge in [0, 0.05) is 34.9 Å². The summed E-state index contributed by atoms with van der Waals surface area (Å²) >= 11 is 0. The van der Waals surface area contributed by atoms with Crippen molar-refractivity contribution in [1.29, 1.82) is 0 Å². The van der Waals surface area contributed by atoms with Gasteiger partial charge in [-0.1, -0.05) is 39.0 Å². The summed E-state index contributed by atoms with van der Waals surface area (Å²) in [6, 6.07) is 10.1. The van der Waals surface area contributed by atoms with E-state index in [4.69, 9.17) is 0 Å². The molecule has 1 aromatic carbocycles. The molecule has 2 aliphatic rings. The van der Waals surface area contributed by atoms with E-state index in [1.807, 2.05) is 18.6 Å². The molecule has 3 aromatic rings. The summed E-state index contributed by atoms with van der Waals surface area (Å²) in [5, 5.41) is 3.40. The lowest BCUT2D eigenvalue weighted by molar-refractivity contribution is -0.118. The largest absolute Gasteiger partial charge is 0.343 e. The second-order valence-corrected chi connectivity index (χ2v) is 10.6. The summed E-state index contributed by atoms with van der Waals surface area (Å²) in [4.78, 5) is 22.5. The molecule has 0 amide bonds. The molecule has 2 aromatic heterocycles. The summed E-state index contributed by atoms with van der Waals surface area (Å²) in [5.74, 6) is 0.346. The Kier molecular flexibility index (Phi) is 5.23. The van der Waals surface area contributed by atoms with E-state index in [1.54, 1.807) is 6.07 Å². The minimum Gasteiger partial charge on any atom is -0.343 e. The maximum Gasteiger partial charge on any atom is 0.162 e. The highest BCUT2D eigenvalue weighted by atomic mass is 19.1. The summed E-state index contributed by atoms with van der Waals surface area (Å²) < 4.78 is 16.7. The van der Waals surface area contributed by atoms with Crippen molar-refractivity contribution < 1.29 is 9.18 Å². The van der Waals surface area contributed by atoms with Crippen LogP contribution >= 0.6 is 0 Å². The quantitative estimate of drug-likeness (QED) is 0.489. The number of fused-ring (bicyclic) bond motifs is 1. The van der Waals surface area contributed by atoms with Gasteiger partial charge in [0.1, 0.15) is 11.6 Å². The fourth-order valence-corrected chi connectivity index (χ4v) is 5.82. The molecular formula is C28H31FN4O. The molecule has 6 heteroatoms. The number of ketones is 1. The average molecular weight is 459 g/mol. The molecule has 5 nitrogen and oxygen atoms in total. The van der Waals surface area contributed by atoms with Crippen molar-refractivity contribution >= 4 is 11.6 Å². The zero-order chi connectivity index (χ0) is 24.3. The minimum absolute atomic E-state index is 0.119.